The topological polar surface area (TPSA) is 69.2 Å². The molecule has 2 aromatic rings. The Labute approximate surface area is 123 Å². The van der Waals surface area contributed by atoms with Gasteiger partial charge in [-0.3, -0.25) is 9.89 Å². The van der Waals surface area contributed by atoms with Gasteiger partial charge in [0.1, 0.15) is 11.5 Å². The Morgan fingerprint density at radius 2 is 2.25 bits per heavy atom. The highest BCUT2D eigenvalue weighted by molar-refractivity contribution is 9.10. The number of carbonyl (C=O) groups is 1. The average Bonchev–Trinajstić information content (AvgIpc) is 2.95. The molecule has 0 aliphatic rings. The maximum Gasteiger partial charge on any atom is 0.272 e. The van der Waals surface area contributed by atoms with E-state index in [2.05, 4.69) is 26.1 Å². The smallest absolute Gasteiger partial charge is 0.272 e. The lowest BCUT2D eigenvalue weighted by atomic mass is 10.2. The van der Waals surface area contributed by atoms with Crippen LogP contribution in [-0.4, -0.2) is 39.3 Å². The molecule has 0 spiro atoms. The van der Waals surface area contributed by atoms with Crippen LogP contribution in [0, 0.1) is 5.82 Å². The summed E-state index contributed by atoms with van der Waals surface area (Å²) in [6.45, 7) is -0.0109. The van der Waals surface area contributed by atoms with Crippen molar-refractivity contribution in [2.75, 3.05) is 13.2 Å². The van der Waals surface area contributed by atoms with Crippen molar-refractivity contribution in [2.24, 2.45) is 0 Å². The fourth-order valence-electron chi connectivity index (χ4n) is 1.79. The summed E-state index contributed by atoms with van der Waals surface area (Å²) in [4.78, 5) is 13.6. The largest absolute Gasteiger partial charge is 0.395 e. The van der Waals surface area contributed by atoms with Crippen LogP contribution in [0.3, 0.4) is 0 Å². The maximum atomic E-state index is 13.7. The molecule has 0 fully saturated rings. The average molecular weight is 342 g/mol. The Balaban J connectivity index is 2.21. The summed E-state index contributed by atoms with van der Waals surface area (Å²) in [6, 6.07) is 6.06. The van der Waals surface area contributed by atoms with E-state index in [0.717, 1.165) is 4.47 Å². The number of aromatic nitrogens is 2. The number of benzene rings is 1. The van der Waals surface area contributed by atoms with Gasteiger partial charge in [-0.25, -0.2) is 4.39 Å². The molecule has 2 rings (SSSR count). The van der Waals surface area contributed by atoms with Crippen LogP contribution in [0.15, 0.2) is 34.9 Å². The van der Waals surface area contributed by atoms with E-state index in [9.17, 15) is 9.18 Å². The normalized spacial score (nSPS) is 10.6. The predicted octanol–water partition coefficient (Wildman–Crippen LogP) is 1.95. The summed E-state index contributed by atoms with van der Waals surface area (Å²) in [6.07, 6.45) is 1.46. The summed E-state index contributed by atoms with van der Waals surface area (Å²) in [7, 11) is 0. The van der Waals surface area contributed by atoms with Crippen LogP contribution in [0.25, 0.3) is 0 Å². The summed E-state index contributed by atoms with van der Waals surface area (Å²) in [5.41, 5.74) is 0.676. The lowest BCUT2D eigenvalue weighted by Crippen LogP contribution is -2.33. The Hall–Kier alpha value is -1.73. The molecule has 2 N–H and O–H groups in total. The van der Waals surface area contributed by atoms with Crippen molar-refractivity contribution >= 4 is 21.8 Å². The molecule has 0 saturated carbocycles. The van der Waals surface area contributed by atoms with Gasteiger partial charge in [-0.05, 0) is 24.3 Å². The lowest BCUT2D eigenvalue weighted by Gasteiger charge is -2.21. The quantitative estimate of drug-likeness (QED) is 0.873. The minimum atomic E-state index is -0.395. The molecule has 7 heteroatoms. The first kappa shape index (κ1) is 14.7. The van der Waals surface area contributed by atoms with E-state index in [1.54, 1.807) is 12.1 Å². The SMILES string of the molecule is O=C(c1ccn[nH]1)N(CCO)Cc1cc(Br)ccc1F. The minimum Gasteiger partial charge on any atom is -0.395 e. The molecule has 20 heavy (non-hydrogen) atoms. The van der Waals surface area contributed by atoms with E-state index >= 15 is 0 Å². The third kappa shape index (κ3) is 3.43. The maximum absolute atomic E-state index is 13.7. The molecule has 106 valence electrons. The number of aliphatic hydroxyl groups excluding tert-OH is 1. The highest BCUT2D eigenvalue weighted by Gasteiger charge is 2.18. The molecule has 0 aliphatic carbocycles. The zero-order valence-electron chi connectivity index (χ0n) is 10.5. The molecule has 1 heterocycles. The molecule has 0 aliphatic heterocycles. The van der Waals surface area contributed by atoms with E-state index in [1.807, 2.05) is 0 Å². The molecule has 1 aromatic carbocycles. The first-order chi connectivity index (χ1) is 9.61. The number of carbonyl (C=O) groups excluding carboxylic acids is 1. The molecular formula is C13H13BrFN3O2. The van der Waals surface area contributed by atoms with Gasteiger partial charge in [0.25, 0.3) is 5.91 Å². The van der Waals surface area contributed by atoms with Crippen molar-refractivity contribution < 1.29 is 14.3 Å². The van der Waals surface area contributed by atoms with Crippen LogP contribution in [0.5, 0.6) is 0 Å². The van der Waals surface area contributed by atoms with Crippen LogP contribution in [0.2, 0.25) is 0 Å². The monoisotopic (exact) mass is 341 g/mol. The van der Waals surface area contributed by atoms with Crippen LogP contribution >= 0.6 is 15.9 Å². The Morgan fingerprint density at radius 3 is 2.90 bits per heavy atom. The molecule has 1 aromatic heterocycles. The van der Waals surface area contributed by atoms with E-state index in [4.69, 9.17) is 5.11 Å². The molecule has 1 amide bonds. The predicted molar refractivity (Wildman–Crippen MR) is 74.5 cm³/mol. The number of hydrogen-bond donors (Lipinski definition) is 2. The zero-order chi connectivity index (χ0) is 14.5. The second kappa shape index (κ2) is 6.62. The van der Waals surface area contributed by atoms with Gasteiger partial charge in [-0.1, -0.05) is 15.9 Å². The van der Waals surface area contributed by atoms with Gasteiger partial charge in [-0.15, -0.1) is 0 Å². The second-order valence-electron chi connectivity index (χ2n) is 4.16. The highest BCUT2D eigenvalue weighted by Crippen LogP contribution is 2.18. The van der Waals surface area contributed by atoms with Crippen molar-refractivity contribution in [1.29, 1.82) is 0 Å². The Bertz CT molecular complexity index is 589. The second-order valence-corrected chi connectivity index (χ2v) is 5.07. The number of nitrogens with zero attached hydrogens (tertiary/aromatic N) is 2. The minimum absolute atomic E-state index is 0.0731. The van der Waals surface area contributed by atoms with Gasteiger partial charge in [0.15, 0.2) is 0 Å². The van der Waals surface area contributed by atoms with Crippen molar-refractivity contribution in [2.45, 2.75) is 6.54 Å². The molecule has 0 atom stereocenters. The number of rotatable bonds is 5. The van der Waals surface area contributed by atoms with E-state index in [1.165, 1.54) is 23.2 Å². The van der Waals surface area contributed by atoms with Gasteiger partial charge in [0.2, 0.25) is 0 Å². The van der Waals surface area contributed by atoms with Gasteiger partial charge >= 0.3 is 0 Å². The Morgan fingerprint density at radius 1 is 1.45 bits per heavy atom. The van der Waals surface area contributed by atoms with E-state index in [0.29, 0.717) is 11.3 Å². The van der Waals surface area contributed by atoms with E-state index in [-0.39, 0.29) is 25.6 Å². The third-order valence-electron chi connectivity index (χ3n) is 2.76. The zero-order valence-corrected chi connectivity index (χ0v) is 12.1. The number of halogens is 2. The van der Waals surface area contributed by atoms with Gasteiger partial charge in [-0.2, -0.15) is 5.10 Å². The lowest BCUT2D eigenvalue weighted by molar-refractivity contribution is 0.0700. The van der Waals surface area contributed by atoms with Crippen molar-refractivity contribution in [1.82, 2.24) is 15.1 Å². The fourth-order valence-corrected chi connectivity index (χ4v) is 2.20. The Kier molecular flexibility index (Phi) is 4.86. The molecule has 0 saturated heterocycles. The molecule has 0 radical (unpaired) electrons. The number of hydrogen-bond acceptors (Lipinski definition) is 3. The van der Waals surface area contributed by atoms with Crippen molar-refractivity contribution in [3.05, 3.63) is 52.0 Å². The number of H-pyrrole nitrogens is 1. The standard InChI is InChI=1S/C13H13BrFN3O2/c14-10-1-2-11(15)9(7-10)8-18(5-6-19)13(20)12-3-4-16-17-12/h1-4,7,19H,5-6,8H2,(H,16,17). The molecule has 0 unspecified atom stereocenters. The molecular weight excluding hydrogens is 329 g/mol. The number of aliphatic hydroxyl groups is 1. The number of amides is 1. The van der Waals surface area contributed by atoms with Crippen LogP contribution in [0.4, 0.5) is 4.39 Å². The first-order valence-corrected chi connectivity index (χ1v) is 6.74. The third-order valence-corrected chi connectivity index (χ3v) is 3.25. The van der Waals surface area contributed by atoms with Crippen LogP contribution in [-0.2, 0) is 6.54 Å². The van der Waals surface area contributed by atoms with Crippen LogP contribution < -0.4 is 0 Å². The van der Waals surface area contributed by atoms with Crippen molar-refractivity contribution in [3.63, 3.8) is 0 Å². The van der Waals surface area contributed by atoms with E-state index < -0.39 is 5.82 Å². The molecule has 0 bridgehead atoms. The fraction of sp³-hybridized carbons (Fsp3) is 0.231. The summed E-state index contributed by atoms with van der Waals surface area (Å²) < 4.78 is 14.5. The number of nitrogens with one attached hydrogen (secondary N) is 1. The van der Waals surface area contributed by atoms with Gasteiger partial charge in [0.05, 0.1) is 6.61 Å². The highest BCUT2D eigenvalue weighted by atomic mass is 79.9. The first-order valence-electron chi connectivity index (χ1n) is 5.95. The summed E-state index contributed by atoms with van der Waals surface area (Å²) >= 11 is 3.27. The van der Waals surface area contributed by atoms with Gasteiger partial charge in [0, 0.05) is 29.3 Å². The van der Waals surface area contributed by atoms with Gasteiger partial charge < -0.3 is 10.0 Å². The summed E-state index contributed by atoms with van der Waals surface area (Å²) in [5.74, 6) is -0.732. The number of aromatic amines is 1. The molecule has 5 nitrogen and oxygen atoms in total. The van der Waals surface area contributed by atoms with Crippen LogP contribution in [0.1, 0.15) is 16.1 Å². The summed E-state index contributed by atoms with van der Waals surface area (Å²) in [5, 5.41) is 15.3. The van der Waals surface area contributed by atoms with Crippen molar-refractivity contribution in [3.8, 4) is 0 Å².